The first-order valence-corrected chi connectivity index (χ1v) is 6.86. The third-order valence-corrected chi connectivity index (χ3v) is 3.81. The normalized spacial score (nSPS) is 13.5. The lowest BCUT2D eigenvalue weighted by atomic mass is 10.1. The molecule has 1 aliphatic heterocycles. The molecule has 3 rings (SSSR count). The van der Waals surface area contributed by atoms with Crippen molar-refractivity contribution in [3.63, 3.8) is 0 Å². The number of halogens is 1. The maximum absolute atomic E-state index is 12.4. The van der Waals surface area contributed by atoms with Crippen molar-refractivity contribution < 1.29 is 9.59 Å². The van der Waals surface area contributed by atoms with Crippen molar-refractivity contribution in [3.8, 4) is 0 Å². The highest BCUT2D eigenvalue weighted by molar-refractivity contribution is 7.80. The second kappa shape index (κ2) is 4.95. The molecule has 1 aliphatic rings. The molecular formula is C15H9ClN2O2S. The van der Waals surface area contributed by atoms with Gasteiger partial charge in [-0.3, -0.25) is 9.59 Å². The van der Waals surface area contributed by atoms with Gasteiger partial charge in [-0.2, -0.15) is 0 Å². The number of nitrogens with zero attached hydrogens (tertiary/aromatic N) is 1. The van der Waals surface area contributed by atoms with Crippen LogP contribution < -0.4 is 10.6 Å². The van der Waals surface area contributed by atoms with E-state index in [0.717, 1.165) is 4.90 Å². The van der Waals surface area contributed by atoms with Crippen LogP contribution in [0, 0.1) is 0 Å². The number of rotatable bonds is 2. The molecule has 21 heavy (non-hydrogen) atoms. The van der Waals surface area contributed by atoms with E-state index >= 15 is 0 Å². The van der Waals surface area contributed by atoms with E-state index in [4.69, 9.17) is 29.6 Å². The van der Waals surface area contributed by atoms with E-state index in [2.05, 4.69) is 0 Å². The summed E-state index contributed by atoms with van der Waals surface area (Å²) in [5.41, 5.74) is 7.18. The van der Waals surface area contributed by atoms with E-state index in [1.165, 1.54) is 0 Å². The Balaban J connectivity index is 2.09. The van der Waals surface area contributed by atoms with Crippen LogP contribution in [0.3, 0.4) is 0 Å². The number of carbonyl (C=O) groups excluding carboxylic acids is 2. The number of nitrogens with two attached hydrogens (primary N) is 1. The summed E-state index contributed by atoms with van der Waals surface area (Å²) in [5, 5.41) is 0.245. The van der Waals surface area contributed by atoms with Crippen LogP contribution in [0.25, 0.3) is 0 Å². The van der Waals surface area contributed by atoms with Crippen molar-refractivity contribution >= 4 is 46.3 Å². The molecule has 2 N–H and O–H groups in total. The van der Waals surface area contributed by atoms with Gasteiger partial charge in [-0.15, -0.1) is 0 Å². The van der Waals surface area contributed by atoms with E-state index in [1.54, 1.807) is 42.5 Å². The van der Waals surface area contributed by atoms with Gasteiger partial charge in [-0.1, -0.05) is 36.0 Å². The molecule has 0 saturated heterocycles. The predicted molar refractivity (Wildman–Crippen MR) is 84.9 cm³/mol. The molecule has 0 fully saturated rings. The number of imide groups is 1. The van der Waals surface area contributed by atoms with Crippen LogP contribution in [0.5, 0.6) is 0 Å². The molecule has 0 spiro atoms. The van der Waals surface area contributed by atoms with Crippen LogP contribution in [-0.4, -0.2) is 16.8 Å². The van der Waals surface area contributed by atoms with Crippen LogP contribution in [-0.2, 0) is 0 Å². The molecule has 0 aromatic heterocycles. The second-order valence-corrected chi connectivity index (χ2v) is 5.37. The fourth-order valence-corrected chi connectivity index (χ4v) is 2.64. The summed E-state index contributed by atoms with van der Waals surface area (Å²) in [5.74, 6) is -0.777. The lowest BCUT2D eigenvalue weighted by Crippen LogP contribution is -2.29. The number of hydrogen-bond acceptors (Lipinski definition) is 3. The first-order valence-electron chi connectivity index (χ1n) is 6.08. The van der Waals surface area contributed by atoms with Gasteiger partial charge in [0.1, 0.15) is 4.99 Å². The minimum absolute atomic E-state index is 0.200. The van der Waals surface area contributed by atoms with Gasteiger partial charge in [0.25, 0.3) is 11.8 Å². The highest BCUT2D eigenvalue weighted by atomic mass is 35.5. The number of amides is 2. The predicted octanol–water partition coefficient (Wildman–Crippen LogP) is 2.77. The molecular weight excluding hydrogens is 308 g/mol. The zero-order valence-electron chi connectivity index (χ0n) is 10.7. The van der Waals surface area contributed by atoms with Gasteiger partial charge >= 0.3 is 0 Å². The first kappa shape index (κ1) is 13.7. The zero-order chi connectivity index (χ0) is 15.1. The van der Waals surface area contributed by atoms with Crippen molar-refractivity contribution in [2.45, 2.75) is 0 Å². The van der Waals surface area contributed by atoms with E-state index in [-0.39, 0.29) is 21.8 Å². The van der Waals surface area contributed by atoms with Crippen LogP contribution in [0.1, 0.15) is 26.3 Å². The van der Waals surface area contributed by atoms with E-state index in [9.17, 15) is 9.59 Å². The number of fused-ring (bicyclic) bond motifs is 1. The summed E-state index contributed by atoms with van der Waals surface area (Å²) < 4.78 is 0. The molecule has 2 amide bonds. The van der Waals surface area contributed by atoms with Crippen molar-refractivity contribution in [1.29, 1.82) is 0 Å². The molecule has 2 aromatic rings. The molecule has 0 bridgehead atoms. The van der Waals surface area contributed by atoms with Gasteiger partial charge in [-0.25, -0.2) is 4.90 Å². The topological polar surface area (TPSA) is 63.4 Å². The van der Waals surface area contributed by atoms with Gasteiger partial charge in [0.05, 0.1) is 21.8 Å². The van der Waals surface area contributed by atoms with Crippen LogP contribution in [0.4, 0.5) is 5.69 Å². The summed E-state index contributed by atoms with van der Waals surface area (Å²) in [6.07, 6.45) is 0. The van der Waals surface area contributed by atoms with E-state index in [0.29, 0.717) is 22.4 Å². The van der Waals surface area contributed by atoms with Crippen molar-refractivity contribution in [1.82, 2.24) is 0 Å². The van der Waals surface area contributed by atoms with Gasteiger partial charge in [0.15, 0.2) is 0 Å². The monoisotopic (exact) mass is 316 g/mol. The molecule has 2 aromatic carbocycles. The summed E-state index contributed by atoms with van der Waals surface area (Å²) in [7, 11) is 0. The number of thiocarbonyl (C=S) groups is 1. The molecule has 6 heteroatoms. The Morgan fingerprint density at radius 1 is 1.05 bits per heavy atom. The number of benzene rings is 2. The minimum Gasteiger partial charge on any atom is -0.389 e. The Morgan fingerprint density at radius 2 is 1.62 bits per heavy atom. The highest BCUT2D eigenvalue weighted by Gasteiger charge is 2.37. The summed E-state index contributed by atoms with van der Waals surface area (Å²) >= 11 is 11.0. The molecule has 0 aliphatic carbocycles. The maximum Gasteiger partial charge on any atom is 0.266 e. The largest absolute Gasteiger partial charge is 0.389 e. The van der Waals surface area contributed by atoms with Gasteiger partial charge in [0.2, 0.25) is 0 Å². The Kier molecular flexibility index (Phi) is 3.23. The molecule has 4 nitrogen and oxygen atoms in total. The SMILES string of the molecule is NC(=S)c1ccc(N2C(=O)c3ccccc3C2=O)c(Cl)c1. The van der Waals surface area contributed by atoms with Gasteiger partial charge in [-0.05, 0) is 30.3 Å². The fourth-order valence-electron chi connectivity index (χ4n) is 2.25. The summed E-state index contributed by atoms with van der Waals surface area (Å²) in [4.78, 5) is 26.0. The molecule has 0 atom stereocenters. The Hall–Kier alpha value is -2.24. The van der Waals surface area contributed by atoms with Crippen molar-refractivity contribution in [3.05, 3.63) is 64.2 Å². The average molecular weight is 317 g/mol. The standard InChI is InChI=1S/C15H9ClN2O2S/c16-11-7-8(13(17)21)5-6-12(11)18-14(19)9-3-1-2-4-10(9)15(18)20/h1-7H,(H2,17,21). The maximum atomic E-state index is 12.4. The van der Waals surface area contributed by atoms with Crippen LogP contribution in [0.2, 0.25) is 5.02 Å². The van der Waals surface area contributed by atoms with Gasteiger partial charge < -0.3 is 5.73 Å². The lowest BCUT2D eigenvalue weighted by Gasteiger charge is -2.16. The minimum atomic E-state index is -0.388. The average Bonchev–Trinajstić information content (AvgIpc) is 2.72. The van der Waals surface area contributed by atoms with Crippen LogP contribution in [0.15, 0.2) is 42.5 Å². The third kappa shape index (κ3) is 2.11. The Labute approximate surface area is 131 Å². The fraction of sp³-hybridized carbons (Fsp3) is 0. The Morgan fingerprint density at radius 3 is 2.10 bits per heavy atom. The number of carbonyl (C=O) groups is 2. The molecule has 1 heterocycles. The third-order valence-electron chi connectivity index (χ3n) is 3.27. The van der Waals surface area contributed by atoms with Crippen molar-refractivity contribution in [2.75, 3.05) is 4.90 Å². The molecule has 104 valence electrons. The van der Waals surface area contributed by atoms with Crippen molar-refractivity contribution in [2.24, 2.45) is 5.73 Å². The summed E-state index contributed by atoms with van der Waals surface area (Å²) in [6.45, 7) is 0. The second-order valence-electron chi connectivity index (χ2n) is 4.52. The number of anilines is 1. The van der Waals surface area contributed by atoms with E-state index < -0.39 is 0 Å². The smallest absolute Gasteiger partial charge is 0.266 e. The zero-order valence-corrected chi connectivity index (χ0v) is 12.2. The molecule has 0 unspecified atom stereocenters. The van der Waals surface area contributed by atoms with Gasteiger partial charge in [0, 0.05) is 5.56 Å². The molecule has 0 radical (unpaired) electrons. The quantitative estimate of drug-likeness (QED) is 0.683. The van der Waals surface area contributed by atoms with Crippen LogP contribution >= 0.6 is 23.8 Å². The Bertz CT molecular complexity index is 769. The number of hydrogen-bond donors (Lipinski definition) is 1. The highest BCUT2D eigenvalue weighted by Crippen LogP contribution is 2.33. The van der Waals surface area contributed by atoms with E-state index in [1.807, 2.05) is 0 Å². The summed E-state index contributed by atoms with van der Waals surface area (Å²) in [6, 6.07) is 11.4. The lowest BCUT2D eigenvalue weighted by molar-refractivity contribution is 0.0926. The first-order chi connectivity index (χ1) is 10.0. The molecule has 0 saturated carbocycles.